The van der Waals surface area contributed by atoms with Crippen LogP contribution in [-0.4, -0.2) is 35.9 Å². The summed E-state index contributed by atoms with van der Waals surface area (Å²) >= 11 is 0. The number of carboxylic acid groups (broad SMARTS) is 1. The lowest BCUT2D eigenvalue weighted by molar-refractivity contribution is -0.144. The Hall–Kier alpha value is -1.47. The number of carbonyl (C=O) groups is 1. The maximum atomic E-state index is 13.6. The van der Waals surface area contributed by atoms with Gasteiger partial charge in [-0.15, -0.1) is 0 Å². The number of rotatable bonds is 3. The highest BCUT2D eigenvalue weighted by atomic mass is 32.2. The molecule has 1 aliphatic carbocycles. The van der Waals surface area contributed by atoms with Crippen molar-refractivity contribution in [3.05, 3.63) is 29.6 Å². The predicted molar refractivity (Wildman–Crippen MR) is 72.7 cm³/mol. The predicted octanol–water partition coefficient (Wildman–Crippen LogP) is 1.76. The Morgan fingerprint density at radius 2 is 2.19 bits per heavy atom. The van der Waals surface area contributed by atoms with Crippen molar-refractivity contribution in [1.82, 2.24) is 4.31 Å². The van der Waals surface area contributed by atoms with E-state index in [-0.39, 0.29) is 17.4 Å². The van der Waals surface area contributed by atoms with Crippen molar-refractivity contribution in [2.75, 3.05) is 6.54 Å². The SMILES string of the molecule is Cc1ccc(S(=O)(=O)N2CCC[C@@H]3C[C@@]32C(=O)O)cc1F. The zero-order valence-corrected chi connectivity index (χ0v) is 12.4. The molecule has 2 fully saturated rings. The zero-order valence-electron chi connectivity index (χ0n) is 11.5. The lowest BCUT2D eigenvalue weighted by atomic mass is 10.1. The lowest BCUT2D eigenvalue weighted by Gasteiger charge is -2.32. The molecule has 1 N–H and O–H groups in total. The first-order valence-corrected chi connectivity index (χ1v) is 8.26. The number of aryl methyl sites for hydroxylation is 1. The normalized spacial score (nSPS) is 29.0. The number of benzene rings is 1. The van der Waals surface area contributed by atoms with Crippen molar-refractivity contribution < 1.29 is 22.7 Å². The van der Waals surface area contributed by atoms with E-state index >= 15 is 0 Å². The zero-order chi connectivity index (χ0) is 15.4. The van der Waals surface area contributed by atoms with Gasteiger partial charge < -0.3 is 5.11 Å². The van der Waals surface area contributed by atoms with Crippen LogP contribution in [0.4, 0.5) is 4.39 Å². The van der Waals surface area contributed by atoms with Gasteiger partial charge in [-0.25, -0.2) is 12.8 Å². The highest BCUT2D eigenvalue weighted by molar-refractivity contribution is 7.89. The van der Waals surface area contributed by atoms with E-state index in [9.17, 15) is 22.7 Å². The van der Waals surface area contributed by atoms with Crippen molar-refractivity contribution in [1.29, 1.82) is 0 Å². The van der Waals surface area contributed by atoms with Gasteiger partial charge in [0.25, 0.3) is 0 Å². The summed E-state index contributed by atoms with van der Waals surface area (Å²) in [5, 5.41) is 9.44. The Bertz CT molecular complexity index is 718. The molecule has 1 aromatic carbocycles. The second-order valence-corrected chi connectivity index (χ2v) is 7.62. The Morgan fingerprint density at radius 1 is 1.48 bits per heavy atom. The third-order valence-corrected chi connectivity index (χ3v) is 6.47. The van der Waals surface area contributed by atoms with E-state index in [0.717, 1.165) is 16.8 Å². The van der Waals surface area contributed by atoms with Gasteiger partial charge in [-0.1, -0.05) is 6.07 Å². The first kappa shape index (κ1) is 14.5. The van der Waals surface area contributed by atoms with Crippen molar-refractivity contribution >= 4 is 16.0 Å². The minimum absolute atomic E-state index is 0.131. The molecule has 0 unspecified atom stereocenters. The number of nitrogens with zero attached hydrogens (tertiary/aromatic N) is 1. The number of carboxylic acids is 1. The van der Waals surface area contributed by atoms with E-state index in [2.05, 4.69) is 0 Å². The average Bonchev–Trinajstić information content (AvgIpc) is 3.17. The highest BCUT2D eigenvalue weighted by Gasteiger charge is 2.68. The summed E-state index contributed by atoms with van der Waals surface area (Å²) in [6.45, 7) is 1.71. The fraction of sp³-hybridized carbons (Fsp3) is 0.500. The molecule has 1 saturated heterocycles. The van der Waals surface area contributed by atoms with Gasteiger partial charge >= 0.3 is 5.97 Å². The number of hydrogen-bond donors (Lipinski definition) is 1. The molecule has 7 heteroatoms. The third-order valence-electron chi connectivity index (χ3n) is 4.53. The van der Waals surface area contributed by atoms with Crippen LogP contribution in [0.5, 0.6) is 0 Å². The summed E-state index contributed by atoms with van der Waals surface area (Å²) in [6, 6.07) is 3.69. The van der Waals surface area contributed by atoms with E-state index < -0.39 is 27.3 Å². The van der Waals surface area contributed by atoms with Gasteiger partial charge in [0.05, 0.1) is 4.90 Å². The standard InChI is InChI=1S/C14H16FNO4S/c1-9-4-5-11(7-12(9)15)21(19,20)16-6-2-3-10-8-14(10,16)13(17)18/h4-5,7,10H,2-3,6,8H2,1H3,(H,17,18)/t10-,14+/m1/s1. The molecule has 2 atom stereocenters. The summed E-state index contributed by atoms with van der Waals surface area (Å²) in [7, 11) is -4.00. The fourth-order valence-corrected chi connectivity index (χ4v) is 5.06. The summed E-state index contributed by atoms with van der Waals surface area (Å²) < 4.78 is 40.1. The van der Waals surface area contributed by atoms with Crippen LogP contribution in [0, 0.1) is 18.7 Å². The number of aliphatic carboxylic acids is 1. The maximum absolute atomic E-state index is 13.6. The van der Waals surface area contributed by atoms with Crippen LogP contribution in [-0.2, 0) is 14.8 Å². The summed E-state index contributed by atoms with van der Waals surface area (Å²) in [4.78, 5) is 11.4. The second kappa shape index (κ2) is 4.51. The maximum Gasteiger partial charge on any atom is 0.325 e. The minimum Gasteiger partial charge on any atom is -0.480 e. The largest absolute Gasteiger partial charge is 0.480 e. The molecule has 114 valence electrons. The lowest BCUT2D eigenvalue weighted by Crippen LogP contribution is -2.51. The molecule has 2 aliphatic rings. The number of piperidine rings is 1. The number of sulfonamides is 1. The van der Waals surface area contributed by atoms with E-state index in [4.69, 9.17) is 0 Å². The van der Waals surface area contributed by atoms with Gasteiger partial charge in [0, 0.05) is 6.54 Å². The molecule has 0 radical (unpaired) electrons. The molecular formula is C14H16FNO4S. The van der Waals surface area contributed by atoms with E-state index in [1.54, 1.807) is 6.92 Å². The molecule has 0 amide bonds. The van der Waals surface area contributed by atoms with Gasteiger partial charge in [0.1, 0.15) is 11.4 Å². The summed E-state index contributed by atoms with van der Waals surface area (Å²) in [5.74, 6) is -1.85. The molecule has 1 saturated carbocycles. The van der Waals surface area contributed by atoms with E-state index in [1.165, 1.54) is 12.1 Å². The smallest absolute Gasteiger partial charge is 0.325 e. The number of halogens is 1. The van der Waals surface area contributed by atoms with E-state index in [1.807, 2.05) is 0 Å². The van der Waals surface area contributed by atoms with Crippen LogP contribution in [0.15, 0.2) is 23.1 Å². The minimum atomic E-state index is -4.00. The molecule has 1 aliphatic heterocycles. The number of hydrogen-bond acceptors (Lipinski definition) is 3. The van der Waals surface area contributed by atoms with E-state index in [0.29, 0.717) is 18.4 Å². The van der Waals surface area contributed by atoms with Crippen LogP contribution in [0.25, 0.3) is 0 Å². The fourth-order valence-electron chi connectivity index (χ4n) is 3.21. The van der Waals surface area contributed by atoms with Gasteiger partial charge in [-0.3, -0.25) is 4.79 Å². The van der Waals surface area contributed by atoms with Crippen molar-refractivity contribution in [2.45, 2.75) is 36.6 Å². The first-order valence-electron chi connectivity index (χ1n) is 6.82. The molecule has 3 rings (SSSR count). The molecule has 5 nitrogen and oxygen atoms in total. The summed E-state index contributed by atoms with van der Waals surface area (Å²) in [6.07, 6.45) is 1.70. The van der Waals surface area contributed by atoms with Crippen LogP contribution in [0.3, 0.4) is 0 Å². The Morgan fingerprint density at radius 3 is 2.81 bits per heavy atom. The van der Waals surface area contributed by atoms with Crippen LogP contribution in [0.2, 0.25) is 0 Å². The molecule has 0 aromatic heterocycles. The van der Waals surface area contributed by atoms with Crippen molar-refractivity contribution in [3.8, 4) is 0 Å². The van der Waals surface area contributed by atoms with Gasteiger partial charge in [-0.2, -0.15) is 4.31 Å². The molecule has 0 bridgehead atoms. The van der Waals surface area contributed by atoms with Gasteiger partial charge in [0.15, 0.2) is 0 Å². The van der Waals surface area contributed by atoms with Crippen LogP contribution in [0.1, 0.15) is 24.8 Å². The molecular weight excluding hydrogens is 297 g/mol. The van der Waals surface area contributed by atoms with Crippen LogP contribution >= 0.6 is 0 Å². The van der Waals surface area contributed by atoms with Crippen molar-refractivity contribution in [3.63, 3.8) is 0 Å². The summed E-state index contributed by atoms with van der Waals surface area (Å²) in [5.41, 5.74) is -0.969. The molecule has 1 heterocycles. The van der Waals surface area contributed by atoms with Gasteiger partial charge in [0.2, 0.25) is 10.0 Å². The van der Waals surface area contributed by atoms with Crippen LogP contribution < -0.4 is 0 Å². The third kappa shape index (κ3) is 1.98. The molecule has 21 heavy (non-hydrogen) atoms. The topological polar surface area (TPSA) is 74.7 Å². The molecule has 1 aromatic rings. The Kier molecular flexibility index (Phi) is 3.11. The Labute approximate surface area is 122 Å². The molecule has 0 spiro atoms. The first-order chi connectivity index (χ1) is 9.80. The average molecular weight is 313 g/mol. The quantitative estimate of drug-likeness (QED) is 0.923. The monoisotopic (exact) mass is 313 g/mol. The second-order valence-electron chi connectivity index (χ2n) is 5.76. The number of fused-ring (bicyclic) bond motifs is 1. The van der Waals surface area contributed by atoms with Crippen molar-refractivity contribution in [2.24, 2.45) is 5.92 Å². The Balaban J connectivity index is 2.05. The van der Waals surface area contributed by atoms with Gasteiger partial charge in [-0.05, 0) is 49.8 Å². The highest BCUT2D eigenvalue weighted by Crippen LogP contribution is 2.55.